The van der Waals surface area contributed by atoms with Gasteiger partial charge in [0.25, 0.3) is 6.47 Å². The smallest absolute Gasteiger partial charge is 0.298 e. The van der Waals surface area contributed by atoms with Crippen molar-refractivity contribution in [2.75, 3.05) is 0 Å². The third-order valence-electron chi connectivity index (χ3n) is 4.26. The highest BCUT2D eigenvalue weighted by molar-refractivity contribution is 7.78. The zero-order valence-electron chi connectivity index (χ0n) is 14.2. The number of thiocarbonyl (C=S) groups is 1. The first-order chi connectivity index (χ1) is 13.6. The van der Waals surface area contributed by atoms with Crippen LogP contribution in [-0.4, -0.2) is 16.7 Å². The maximum atomic E-state index is 11.8. The lowest BCUT2D eigenvalue weighted by Crippen LogP contribution is -2.00. The van der Waals surface area contributed by atoms with Gasteiger partial charge in [0.1, 0.15) is 22.8 Å². The second-order valence-corrected chi connectivity index (χ2v) is 6.10. The Kier molecular flexibility index (Phi) is 4.45. The number of fused-ring (bicyclic) bond motifs is 2. The predicted octanol–water partition coefficient (Wildman–Crippen LogP) is 4.54. The van der Waals surface area contributed by atoms with E-state index in [1.165, 1.54) is 24.3 Å². The number of aliphatic imine (C=N–C) groups is 1. The SMILES string of the molecule is O=COc1cc(N=C=S)ccc1-c1c2ccc(=O)cc-2oc2cc(O)ccc12. The van der Waals surface area contributed by atoms with E-state index in [4.69, 9.17) is 9.15 Å². The molecular formula is C21H11NO5S. The van der Waals surface area contributed by atoms with E-state index in [0.29, 0.717) is 45.6 Å². The highest BCUT2D eigenvalue weighted by Gasteiger charge is 2.20. The Bertz CT molecular complexity index is 1300. The molecule has 0 unspecified atom stereocenters. The third kappa shape index (κ3) is 3.05. The Balaban J connectivity index is 2.14. The van der Waals surface area contributed by atoms with E-state index >= 15 is 0 Å². The summed E-state index contributed by atoms with van der Waals surface area (Å²) in [5.41, 5.74) is 2.57. The lowest BCUT2D eigenvalue weighted by Gasteiger charge is -2.17. The number of ether oxygens (including phenoxy) is 1. The molecular weight excluding hydrogens is 378 g/mol. The van der Waals surface area contributed by atoms with E-state index in [1.54, 1.807) is 30.3 Å². The lowest BCUT2D eigenvalue weighted by atomic mass is 9.93. The average molecular weight is 389 g/mol. The quantitative estimate of drug-likeness (QED) is 0.239. The van der Waals surface area contributed by atoms with Crippen LogP contribution in [0.5, 0.6) is 11.5 Å². The summed E-state index contributed by atoms with van der Waals surface area (Å²) in [4.78, 5) is 26.8. The number of phenolic OH excluding ortho intramolecular Hbond substituents is 1. The van der Waals surface area contributed by atoms with Crippen LogP contribution in [0.3, 0.4) is 0 Å². The summed E-state index contributed by atoms with van der Waals surface area (Å²) in [5, 5.41) is 12.8. The third-order valence-corrected chi connectivity index (χ3v) is 4.35. The minimum absolute atomic E-state index is 0.0230. The fraction of sp³-hybridized carbons (Fsp3) is 0. The number of hydrogen-bond acceptors (Lipinski definition) is 7. The Morgan fingerprint density at radius 2 is 1.89 bits per heavy atom. The number of isothiocyanates is 1. The fourth-order valence-electron chi connectivity index (χ4n) is 3.14. The van der Waals surface area contributed by atoms with Gasteiger partial charge in [-0.1, -0.05) is 0 Å². The van der Waals surface area contributed by atoms with Crippen molar-refractivity contribution in [1.82, 2.24) is 0 Å². The Morgan fingerprint density at radius 1 is 1.07 bits per heavy atom. The molecule has 1 aliphatic heterocycles. The summed E-state index contributed by atoms with van der Waals surface area (Å²) in [6.45, 7) is 0.322. The number of rotatable bonds is 4. The molecule has 4 rings (SSSR count). The summed E-state index contributed by atoms with van der Waals surface area (Å²) >= 11 is 4.63. The van der Waals surface area contributed by atoms with Crippen molar-refractivity contribution in [3.63, 3.8) is 0 Å². The van der Waals surface area contributed by atoms with Gasteiger partial charge in [0.2, 0.25) is 0 Å². The van der Waals surface area contributed by atoms with Crippen molar-refractivity contribution >= 4 is 40.5 Å². The van der Waals surface area contributed by atoms with Crippen molar-refractivity contribution in [2.24, 2.45) is 4.99 Å². The van der Waals surface area contributed by atoms with Crippen LogP contribution in [-0.2, 0) is 4.79 Å². The summed E-state index contributed by atoms with van der Waals surface area (Å²) in [6.07, 6.45) is 0. The molecule has 1 N–H and O–H groups in total. The van der Waals surface area contributed by atoms with Crippen LogP contribution in [0, 0.1) is 0 Å². The van der Waals surface area contributed by atoms with Crippen LogP contribution < -0.4 is 10.2 Å². The molecule has 0 spiro atoms. The van der Waals surface area contributed by atoms with Gasteiger partial charge in [0.05, 0.1) is 10.8 Å². The van der Waals surface area contributed by atoms with Gasteiger partial charge >= 0.3 is 0 Å². The minimum atomic E-state index is -0.211. The van der Waals surface area contributed by atoms with E-state index in [0.717, 1.165) is 0 Å². The normalized spacial score (nSPS) is 10.6. The number of carbonyl (C=O) groups is 1. The summed E-state index contributed by atoms with van der Waals surface area (Å²) in [7, 11) is 0. The standard InChI is InChI=1S/C21H11NO5S/c23-11-26-18-7-12(22-10-28)1-4-15(18)21-16-5-2-13(24)8-19(16)27-20-9-14(25)3-6-17(20)21/h1-9,11,24H. The van der Waals surface area contributed by atoms with E-state index in [1.807, 2.05) is 0 Å². The first kappa shape index (κ1) is 17.6. The minimum Gasteiger partial charge on any atom is -0.508 e. The molecule has 0 fully saturated rings. The van der Waals surface area contributed by atoms with Crippen LogP contribution in [0.15, 0.2) is 68.8 Å². The van der Waals surface area contributed by atoms with Crippen molar-refractivity contribution < 1.29 is 19.1 Å². The molecule has 0 atom stereocenters. The van der Waals surface area contributed by atoms with Crippen molar-refractivity contribution in [3.05, 3.63) is 64.8 Å². The predicted molar refractivity (Wildman–Crippen MR) is 108 cm³/mol. The Morgan fingerprint density at radius 3 is 2.68 bits per heavy atom. The highest BCUT2D eigenvalue weighted by atomic mass is 32.1. The zero-order valence-corrected chi connectivity index (χ0v) is 15.0. The Hall–Kier alpha value is -3.80. The van der Waals surface area contributed by atoms with Crippen molar-refractivity contribution in [2.45, 2.75) is 0 Å². The van der Waals surface area contributed by atoms with Gasteiger partial charge < -0.3 is 14.3 Å². The Labute approximate surface area is 163 Å². The zero-order chi connectivity index (χ0) is 19.7. The number of nitrogens with zero attached hydrogens (tertiary/aromatic N) is 1. The molecule has 1 heterocycles. The maximum Gasteiger partial charge on any atom is 0.298 e. The van der Waals surface area contributed by atoms with Crippen LogP contribution in [0.2, 0.25) is 0 Å². The molecule has 2 aromatic carbocycles. The van der Waals surface area contributed by atoms with Gasteiger partial charge in [0.15, 0.2) is 5.43 Å². The highest BCUT2D eigenvalue weighted by Crippen LogP contribution is 2.44. The number of aromatic hydroxyl groups is 1. The molecule has 2 aliphatic rings. The van der Waals surface area contributed by atoms with Gasteiger partial charge in [-0.25, -0.2) is 0 Å². The van der Waals surface area contributed by atoms with Crippen molar-refractivity contribution in [1.29, 1.82) is 0 Å². The number of benzene rings is 3. The van der Waals surface area contributed by atoms with Crippen molar-refractivity contribution in [3.8, 4) is 33.9 Å². The average Bonchev–Trinajstić information content (AvgIpc) is 2.67. The van der Waals surface area contributed by atoms with Crippen LogP contribution in [0.1, 0.15) is 0 Å². The first-order valence-corrected chi connectivity index (χ1v) is 8.54. The molecule has 0 saturated heterocycles. The largest absolute Gasteiger partial charge is 0.508 e. The summed E-state index contributed by atoms with van der Waals surface area (Å²) < 4.78 is 11.0. The van der Waals surface area contributed by atoms with E-state index < -0.39 is 0 Å². The van der Waals surface area contributed by atoms with Gasteiger partial charge in [-0.05, 0) is 48.6 Å². The van der Waals surface area contributed by atoms with Gasteiger partial charge in [-0.3, -0.25) is 9.59 Å². The molecule has 6 nitrogen and oxygen atoms in total. The summed E-state index contributed by atoms with van der Waals surface area (Å²) in [5.74, 6) is 0.628. The number of carbonyl (C=O) groups excluding carboxylic acids is 1. The second-order valence-electron chi connectivity index (χ2n) is 5.91. The molecule has 0 aromatic heterocycles. The van der Waals surface area contributed by atoms with Gasteiger partial charge in [0, 0.05) is 40.3 Å². The molecule has 136 valence electrons. The lowest BCUT2D eigenvalue weighted by molar-refractivity contribution is -0.120. The molecule has 0 bridgehead atoms. The number of hydrogen-bond donors (Lipinski definition) is 1. The molecule has 28 heavy (non-hydrogen) atoms. The molecule has 0 amide bonds. The van der Waals surface area contributed by atoms with E-state index in [2.05, 4.69) is 22.4 Å². The van der Waals surface area contributed by atoms with E-state index in [9.17, 15) is 14.7 Å². The molecule has 1 aliphatic carbocycles. The molecule has 0 saturated carbocycles. The monoisotopic (exact) mass is 389 g/mol. The van der Waals surface area contributed by atoms with Crippen LogP contribution >= 0.6 is 12.2 Å². The first-order valence-electron chi connectivity index (χ1n) is 8.13. The molecule has 7 heteroatoms. The molecule has 0 radical (unpaired) electrons. The van der Waals surface area contributed by atoms with Crippen LogP contribution in [0.4, 0.5) is 5.69 Å². The number of phenols is 1. The van der Waals surface area contributed by atoms with Crippen LogP contribution in [0.25, 0.3) is 33.4 Å². The van der Waals surface area contributed by atoms with Gasteiger partial charge in [-0.15, -0.1) is 0 Å². The maximum absolute atomic E-state index is 11.8. The fourth-order valence-corrected chi connectivity index (χ4v) is 3.24. The molecule has 2 aromatic rings. The summed E-state index contributed by atoms with van der Waals surface area (Å²) in [6, 6.07) is 14.1. The topological polar surface area (TPSA) is 89.1 Å². The van der Waals surface area contributed by atoms with E-state index in [-0.39, 0.29) is 16.9 Å². The van der Waals surface area contributed by atoms with Gasteiger partial charge in [-0.2, -0.15) is 4.99 Å². The second kappa shape index (κ2) is 7.08.